The first kappa shape index (κ1) is 19.9. The van der Waals surface area contributed by atoms with Gasteiger partial charge in [-0.2, -0.15) is 0 Å². The molecule has 1 heterocycles. The van der Waals surface area contributed by atoms with Crippen LogP contribution in [0.4, 0.5) is 18.9 Å². The third kappa shape index (κ3) is 4.80. The topological polar surface area (TPSA) is 43.4 Å². The number of anilines is 1. The van der Waals surface area contributed by atoms with Gasteiger partial charge in [0.05, 0.1) is 24.2 Å². The van der Waals surface area contributed by atoms with Crippen molar-refractivity contribution in [1.29, 1.82) is 0 Å². The maximum atomic E-state index is 12.4. The van der Waals surface area contributed by atoms with E-state index >= 15 is 0 Å². The Hall–Kier alpha value is -2.44. The van der Waals surface area contributed by atoms with E-state index < -0.39 is 6.36 Å². The van der Waals surface area contributed by atoms with Gasteiger partial charge in [0.2, 0.25) is 0 Å². The van der Waals surface area contributed by atoms with Crippen molar-refractivity contribution in [2.24, 2.45) is 0 Å². The molecule has 1 N–H and O–H groups in total. The number of aromatic nitrogens is 1. The first-order valence-corrected chi connectivity index (χ1v) is 8.47. The predicted octanol–water partition coefficient (Wildman–Crippen LogP) is 5.35. The van der Waals surface area contributed by atoms with Gasteiger partial charge in [0.15, 0.2) is 0 Å². The first-order valence-electron chi connectivity index (χ1n) is 8.47. The Kier molecular flexibility index (Phi) is 6.34. The molecule has 0 fully saturated rings. The Morgan fingerprint density at radius 3 is 2.46 bits per heavy atom. The largest absolute Gasteiger partial charge is 0.573 e. The van der Waals surface area contributed by atoms with Gasteiger partial charge in [0.1, 0.15) is 11.5 Å². The molecule has 7 heteroatoms. The number of alkyl halides is 3. The summed E-state index contributed by atoms with van der Waals surface area (Å²) in [5.41, 5.74) is 4.09. The zero-order valence-electron chi connectivity index (χ0n) is 15.3. The molecule has 0 atom stereocenters. The quantitative estimate of drug-likeness (QED) is 0.716. The monoisotopic (exact) mass is 368 g/mol. The van der Waals surface area contributed by atoms with Crippen LogP contribution in [0.2, 0.25) is 0 Å². The van der Waals surface area contributed by atoms with E-state index in [1.165, 1.54) is 25.3 Å². The lowest BCUT2D eigenvalue weighted by atomic mass is 10.0. The second-order valence-corrected chi connectivity index (χ2v) is 5.84. The van der Waals surface area contributed by atoms with Crippen LogP contribution in [-0.4, -0.2) is 25.0 Å². The summed E-state index contributed by atoms with van der Waals surface area (Å²) in [6.07, 6.45) is -3.02. The van der Waals surface area contributed by atoms with E-state index in [9.17, 15) is 13.2 Å². The molecule has 4 nitrogen and oxygen atoms in total. The number of rotatable bonds is 7. The zero-order chi connectivity index (χ0) is 19.3. The molecule has 2 rings (SSSR count). The molecule has 1 aromatic heterocycles. The van der Waals surface area contributed by atoms with Crippen LogP contribution < -0.4 is 14.8 Å². The summed E-state index contributed by atoms with van der Waals surface area (Å²) in [5, 5.41) is 3.36. The average Bonchev–Trinajstić information content (AvgIpc) is 2.58. The minimum Gasteiger partial charge on any atom is -0.496 e. The molecule has 0 radical (unpaired) electrons. The highest BCUT2D eigenvalue weighted by Crippen LogP contribution is 2.36. The summed E-state index contributed by atoms with van der Waals surface area (Å²) in [6.45, 7) is 6.86. The van der Waals surface area contributed by atoms with Gasteiger partial charge >= 0.3 is 6.36 Å². The molecule has 2 aromatic rings. The molecule has 0 saturated heterocycles. The summed E-state index contributed by atoms with van der Waals surface area (Å²) < 4.78 is 46.5. The Balaban J connectivity index is 2.46. The van der Waals surface area contributed by atoms with Crippen LogP contribution in [0, 0.1) is 6.92 Å². The summed E-state index contributed by atoms with van der Waals surface area (Å²) >= 11 is 0. The van der Waals surface area contributed by atoms with Crippen LogP contribution in [0.15, 0.2) is 24.3 Å². The van der Waals surface area contributed by atoms with Crippen molar-refractivity contribution in [2.45, 2.75) is 40.0 Å². The lowest BCUT2D eigenvalue weighted by molar-refractivity contribution is -0.274. The Morgan fingerprint density at radius 1 is 1.15 bits per heavy atom. The molecule has 0 aliphatic rings. The second-order valence-electron chi connectivity index (χ2n) is 5.84. The molecular formula is C19H23F3N2O2. The second kappa shape index (κ2) is 8.29. The lowest BCUT2D eigenvalue weighted by Gasteiger charge is -2.17. The highest BCUT2D eigenvalue weighted by molar-refractivity contribution is 5.73. The van der Waals surface area contributed by atoms with E-state index in [1.807, 2.05) is 19.9 Å². The predicted molar refractivity (Wildman–Crippen MR) is 95.8 cm³/mol. The highest BCUT2D eigenvalue weighted by Gasteiger charge is 2.31. The van der Waals surface area contributed by atoms with E-state index in [4.69, 9.17) is 9.72 Å². The van der Waals surface area contributed by atoms with Crippen LogP contribution in [0.5, 0.6) is 11.5 Å². The average molecular weight is 368 g/mol. The highest BCUT2D eigenvalue weighted by atomic mass is 19.4. The number of pyridine rings is 1. The van der Waals surface area contributed by atoms with E-state index in [0.717, 1.165) is 36.3 Å². The van der Waals surface area contributed by atoms with Gasteiger partial charge in [-0.25, -0.2) is 0 Å². The van der Waals surface area contributed by atoms with Crippen LogP contribution >= 0.6 is 0 Å². The third-order valence-electron chi connectivity index (χ3n) is 3.85. The lowest BCUT2D eigenvalue weighted by Crippen LogP contribution is -2.17. The summed E-state index contributed by atoms with van der Waals surface area (Å²) in [6, 6.07) is 6.03. The van der Waals surface area contributed by atoms with Gasteiger partial charge in [-0.1, -0.05) is 13.8 Å². The minimum atomic E-state index is -4.75. The normalized spacial score (nSPS) is 11.3. The van der Waals surface area contributed by atoms with Gasteiger partial charge < -0.3 is 14.8 Å². The number of aryl methyl sites for hydroxylation is 2. The standard InChI is InChI=1S/C19H23F3N2O2/c1-5-9-23-16-10-12(3)18(24-15(16)6-2)14-8-7-13(11-17(14)25-4)26-19(20,21)22/h7-8,10-11,23H,5-6,9H2,1-4H3. The summed E-state index contributed by atoms with van der Waals surface area (Å²) in [4.78, 5) is 4.72. The Labute approximate surface area is 151 Å². The van der Waals surface area contributed by atoms with Crippen molar-refractivity contribution in [3.63, 3.8) is 0 Å². The van der Waals surface area contributed by atoms with Gasteiger partial charge in [0.25, 0.3) is 0 Å². The molecule has 0 bridgehead atoms. The van der Waals surface area contributed by atoms with Crippen LogP contribution in [-0.2, 0) is 6.42 Å². The fraction of sp³-hybridized carbons (Fsp3) is 0.421. The minimum absolute atomic E-state index is 0.277. The van der Waals surface area contributed by atoms with Crippen LogP contribution in [0.1, 0.15) is 31.5 Å². The smallest absolute Gasteiger partial charge is 0.496 e. The number of hydrogen-bond donors (Lipinski definition) is 1. The van der Waals surface area contributed by atoms with E-state index in [2.05, 4.69) is 17.0 Å². The Bertz CT molecular complexity index is 761. The third-order valence-corrected chi connectivity index (χ3v) is 3.85. The maximum Gasteiger partial charge on any atom is 0.573 e. The molecule has 0 saturated carbocycles. The molecule has 0 unspecified atom stereocenters. The van der Waals surface area contributed by atoms with Crippen molar-refractivity contribution in [2.75, 3.05) is 19.0 Å². The van der Waals surface area contributed by atoms with Gasteiger partial charge in [0, 0.05) is 18.2 Å². The van der Waals surface area contributed by atoms with Crippen molar-refractivity contribution >= 4 is 5.69 Å². The number of hydrogen-bond acceptors (Lipinski definition) is 4. The SMILES string of the molecule is CCCNc1cc(C)c(-c2ccc(OC(F)(F)F)cc2OC)nc1CC. The molecular weight excluding hydrogens is 345 g/mol. The maximum absolute atomic E-state index is 12.4. The summed E-state index contributed by atoms with van der Waals surface area (Å²) in [7, 11) is 1.41. The van der Waals surface area contributed by atoms with Crippen molar-refractivity contribution < 1.29 is 22.6 Å². The van der Waals surface area contributed by atoms with E-state index in [0.29, 0.717) is 11.3 Å². The van der Waals surface area contributed by atoms with Crippen LogP contribution in [0.3, 0.4) is 0 Å². The molecule has 0 aliphatic heterocycles. The summed E-state index contributed by atoms with van der Waals surface area (Å²) in [5.74, 6) is -0.0497. The van der Waals surface area contributed by atoms with E-state index in [-0.39, 0.29) is 11.5 Å². The van der Waals surface area contributed by atoms with Crippen molar-refractivity contribution in [3.8, 4) is 22.8 Å². The fourth-order valence-corrected chi connectivity index (χ4v) is 2.67. The van der Waals surface area contributed by atoms with Gasteiger partial charge in [-0.05, 0) is 43.5 Å². The molecule has 0 amide bonds. The number of nitrogens with zero attached hydrogens (tertiary/aromatic N) is 1. The number of ether oxygens (including phenoxy) is 2. The van der Waals surface area contributed by atoms with Crippen molar-refractivity contribution in [1.82, 2.24) is 4.98 Å². The van der Waals surface area contributed by atoms with Crippen LogP contribution in [0.25, 0.3) is 11.3 Å². The van der Waals surface area contributed by atoms with Crippen molar-refractivity contribution in [3.05, 3.63) is 35.5 Å². The number of halogens is 3. The fourth-order valence-electron chi connectivity index (χ4n) is 2.67. The Morgan fingerprint density at radius 2 is 1.88 bits per heavy atom. The number of benzene rings is 1. The molecule has 26 heavy (non-hydrogen) atoms. The molecule has 142 valence electrons. The molecule has 1 aromatic carbocycles. The number of nitrogens with one attached hydrogen (secondary N) is 1. The molecule has 0 aliphatic carbocycles. The zero-order valence-corrected chi connectivity index (χ0v) is 15.3. The number of methoxy groups -OCH3 is 1. The van der Waals surface area contributed by atoms with Gasteiger partial charge in [-0.3, -0.25) is 4.98 Å². The molecule has 0 spiro atoms. The van der Waals surface area contributed by atoms with Gasteiger partial charge in [-0.15, -0.1) is 13.2 Å². The van der Waals surface area contributed by atoms with E-state index in [1.54, 1.807) is 0 Å². The first-order chi connectivity index (χ1) is 12.3.